The zero-order chi connectivity index (χ0) is 14.1. The summed E-state index contributed by atoms with van der Waals surface area (Å²) in [6.07, 6.45) is 3.75. The summed E-state index contributed by atoms with van der Waals surface area (Å²) in [5.41, 5.74) is 9.52. The molecule has 0 aliphatic heterocycles. The molecule has 3 rings (SSSR count). The molecule has 3 aromatic rings. The zero-order valence-corrected chi connectivity index (χ0v) is 11.4. The SMILES string of the molecule is Cc1cc(-n2cc(-c3cccc(N)c3)cn2)nc(C)n1. The molecule has 1 aromatic carbocycles. The zero-order valence-electron chi connectivity index (χ0n) is 11.4. The summed E-state index contributed by atoms with van der Waals surface area (Å²) < 4.78 is 1.75. The van der Waals surface area contributed by atoms with Gasteiger partial charge in [0.05, 0.1) is 6.20 Å². The molecule has 2 heterocycles. The summed E-state index contributed by atoms with van der Waals surface area (Å²) in [5, 5.41) is 4.36. The highest BCUT2D eigenvalue weighted by molar-refractivity contribution is 5.66. The van der Waals surface area contributed by atoms with Crippen molar-refractivity contribution in [2.75, 3.05) is 5.73 Å². The predicted octanol–water partition coefficient (Wildman–Crippen LogP) is 2.53. The number of aromatic nitrogens is 4. The first-order chi connectivity index (χ1) is 9.61. The van der Waals surface area contributed by atoms with Gasteiger partial charge in [0.2, 0.25) is 0 Å². The van der Waals surface area contributed by atoms with Crippen molar-refractivity contribution >= 4 is 5.69 Å². The van der Waals surface area contributed by atoms with Gasteiger partial charge >= 0.3 is 0 Å². The molecule has 0 saturated carbocycles. The average Bonchev–Trinajstić information content (AvgIpc) is 2.87. The normalized spacial score (nSPS) is 10.7. The molecule has 0 bridgehead atoms. The second kappa shape index (κ2) is 4.77. The van der Waals surface area contributed by atoms with E-state index in [2.05, 4.69) is 15.1 Å². The number of hydrogen-bond donors (Lipinski definition) is 1. The quantitative estimate of drug-likeness (QED) is 0.723. The molecule has 0 unspecified atom stereocenters. The Hall–Kier alpha value is -2.69. The van der Waals surface area contributed by atoms with Gasteiger partial charge in [0, 0.05) is 29.2 Å². The predicted molar refractivity (Wildman–Crippen MR) is 78.5 cm³/mol. The highest BCUT2D eigenvalue weighted by atomic mass is 15.3. The van der Waals surface area contributed by atoms with Crippen molar-refractivity contribution in [1.29, 1.82) is 0 Å². The summed E-state index contributed by atoms with van der Waals surface area (Å²) in [6, 6.07) is 9.64. The lowest BCUT2D eigenvalue weighted by Crippen LogP contribution is -2.02. The Morgan fingerprint density at radius 1 is 1.05 bits per heavy atom. The highest BCUT2D eigenvalue weighted by Crippen LogP contribution is 2.21. The number of hydrogen-bond acceptors (Lipinski definition) is 4. The van der Waals surface area contributed by atoms with Gasteiger partial charge in [-0.1, -0.05) is 12.1 Å². The summed E-state index contributed by atoms with van der Waals surface area (Å²) in [4.78, 5) is 8.66. The Bertz CT molecular complexity index is 740. The molecule has 5 heteroatoms. The van der Waals surface area contributed by atoms with Crippen molar-refractivity contribution in [2.24, 2.45) is 0 Å². The van der Waals surface area contributed by atoms with Crippen LogP contribution >= 0.6 is 0 Å². The van der Waals surface area contributed by atoms with Crippen LogP contribution in [0.5, 0.6) is 0 Å². The lowest BCUT2D eigenvalue weighted by molar-refractivity contribution is 0.822. The van der Waals surface area contributed by atoms with Gasteiger partial charge in [-0.05, 0) is 31.5 Å². The number of nitrogen functional groups attached to an aromatic ring is 1. The van der Waals surface area contributed by atoms with Crippen LogP contribution in [0.25, 0.3) is 16.9 Å². The fourth-order valence-electron chi connectivity index (χ4n) is 2.13. The molecule has 0 saturated heterocycles. The van der Waals surface area contributed by atoms with E-state index in [-0.39, 0.29) is 0 Å². The van der Waals surface area contributed by atoms with Crippen LogP contribution in [-0.4, -0.2) is 19.7 Å². The van der Waals surface area contributed by atoms with Crippen LogP contribution in [0.1, 0.15) is 11.5 Å². The van der Waals surface area contributed by atoms with Gasteiger partial charge in [-0.25, -0.2) is 14.6 Å². The standard InChI is InChI=1S/C15H15N5/c1-10-6-15(19-11(2)18-10)20-9-13(8-17-20)12-4-3-5-14(16)7-12/h3-9H,16H2,1-2H3. The van der Waals surface area contributed by atoms with Crippen LogP contribution in [0.2, 0.25) is 0 Å². The fourth-order valence-corrected chi connectivity index (χ4v) is 2.13. The first-order valence-electron chi connectivity index (χ1n) is 6.35. The first-order valence-corrected chi connectivity index (χ1v) is 6.35. The minimum Gasteiger partial charge on any atom is -0.399 e. The van der Waals surface area contributed by atoms with E-state index in [1.54, 1.807) is 4.68 Å². The third-order valence-electron chi connectivity index (χ3n) is 2.99. The van der Waals surface area contributed by atoms with Crippen LogP contribution in [0, 0.1) is 13.8 Å². The van der Waals surface area contributed by atoms with E-state index >= 15 is 0 Å². The Balaban J connectivity index is 2.02. The number of aryl methyl sites for hydroxylation is 2. The molecule has 0 radical (unpaired) electrons. The Morgan fingerprint density at radius 3 is 2.65 bits per heavy atom. The fraction of sp³-hybridized carbons (Fsp3) is 0.133. The van der Waals surface area contributed by atoms with Crippen LogP contribution in [0.4, 0.5) is 5.69 Å². The Labute approximate surface area is 117 Å². The van der Waals surface area contributed by atoms with Crippen LogP contribution in [0.15, 0.2) is 42.7 Å². The maximum atomic E-state index is 5.81. The molecule has 2 N–H and O–H groups in total. The molecule has 0 aliphatic rings. The summed E-state index contributed by atoms with van der Waals surface area (Å²) in [5.74, 6) is 1.51. The van der Waals surface area contributed by atoms with E-state index < -0.39 is 0 Å². The van der Waals surface area contributed by atoms with E-state index in [1.165, 1.54) is 0 Å². The molecular formula is C15H15N5. The second-order valence-corrected chi connectivity index (χ2v) is 4.71. The highest BCUT2D eigenvalue weighted by Gasteiger charge is 2.06. The van der Waals surface area contributed by atoms with Gasteiger partial charge in [-0.2, -0.15) is 5.10 Å². The molecule has 0 spiro atoms. The van der Waals surface area contributed by atoms with Crippen LogP contribution in [-0.2, 0) is 0 Å². The molecule has 0 atom stereocenters. The lowest BCUT2D eigenvalue weighted by Gasteiger charge is -2.03. The van der Waals surface area contributed by atoms with Gasteiger partial charge < -0.3 is 5.73 Å². The molecule has 0 aliphatic carbocycles. The lowest BCUT2D eigenvalue weighted by atomic mass is 10.1. The van der Waals surface area contributed by atoms with Crippen molar-refractivity contribution in [1.82, 2.24) is 19.7 Å². The number of anilines is 1. The molecule has 5 nitrogen and oxygen atoms in total. The summed E-state index contributed by atoms with van der Waals surface area (Å²) >= 11 is 0. The van der Waals surface area contributed by atoms with E-state index in [1.807, 2.05) is 56.6 Å². The number of rotatable bonds is 2. The second-order valence-electron chi connectivity index (χ2n) is 4.71. The van der Waals surface area contributed by atoms with Crippen molar-refractivity contribution in [3.05, 3.63) is 54.2 Å². The topological polar surface area (TPSA) is 69.6 Å². The number of benzene rings is 1. The molecule has 20 heavy (non-hydrogen) atoms. The third-order valence-corrected chi connectivity index (χ3v) is 2.99. The Morgan fingerprint density at radius 2 is 1.90 bits per heavy atom. The molecule has 2 aromatic heterocycles. The van der Waals surface area contributed by atoms with E-state index in [9.17, 15) is 0 Å². The maximum Gasteiger partial charge on any atom is 0.157 e. The third kappa shape index (κ3) is 2.38. The van der Waals surface area contributed by atoms with Gasteiger partial charge in [0.25, 0.3) is 0 Å². The minimum absolute atomic E-state index is 0.737. The van der Waals surface area contributed by atoms with Crippen LogP contribution in [0.3, 0.4) is 0 Å². The van der Waals surface area contributed by atoms with Crippen molar-refractivity contribution < 1.29 is 0 Å². The van der Waals surface area contributed by atoms with Crippen molar-refractivity contribution in [3.8, 4) is 16.9 Å². The first kappa shape index (κ1) is 12.3. The van der Waals surface area contributed by atoms with Gasteiger partial charge in [0.15, 0.2) is 5.82 Å². The summed E-state index contributed by atoms with van der Waals surface area (Å²) in [6.45, 7) is 3.82. The van der Waals surface area contributed by atoms with Gasteiger partial charge in [-0.3, -0.25) is 0 Å². The van der Waals surface area contributed by atoms with Gasteiger partial charge in [-0.15, -0.1) is 0 Å². The maximum absolute atomic E-state index is 5.81. The van der Waals surface area contributed by atoms with E-state index in [0.717, 1.165) is 34.2 Å². The summed E-state index contributed by atoms with van der Waals surface area (Å²) in [7, 11) is 0. The van der Waals surface area contributed by atoms with Crippen LogP contribution < -0.4 is 5.73 Å². The van der Waals surface area contributed by atoms with E-state index in [0.29, 0.717) is 0 Å². The molecule has 0 fully saturated rings. The van der Waals surface area contributed by atoms with Gasteiger partial charge in [0.1, 0.15) is 5.82 Å². The molecular weight excluding hydrogens is 250 g/mol. The largest absolute Gasteiger partial charge is 0.399 e. The minimum atomic E-state index is 0.737. The number of nitrogens with two attached hydrogens (primary N) is 1. The molecule has 0 amide bonds. The van der Waals surface area contributed by atoms with Crippen molar-refractivity contribution in [3.63, 3.8) is 0 Å². The number of nitrogens with zero attached hydrogens (tertiary/aromatic N) is 4. The van der Waals surface area contributed by atoms with Crippen molar-refractivity contribution in [2.45, 2.75) is 13.8 Å². The monoisotopic (exact) mass is 265 g/mol. The average molecular weight is 265 g/mol. The van der Waals surface area contributed by atoms with E-state index in [4.69, 9.17) is 5.73 Å². The molecule has 100 valence electrons. The Kier molecular flexibility index (Phi) is 2.95. The smallest absolute Gasteiger partial charge is 0.157 e.